The van der Waals surface area contributed by atoms with Gasteiger partial charge in [0.15, 0.2) is 22.1 Å². The molecule has 1 unspecified atom stereocenters. The van der Waals surface area contributed by atoms with Crippen molar-refractivity contribution in [2.45, 2.75) is 30.6 Å². The van der Waals surface area contributed by atoms with Gasteiger partial charge in [-0.3, -0.25) is 4.57 Å². The molecule has 4 rings (SSSR count). The summed E-state index contributed by atoms with van der Waals surface area (Å²) in [5.41, 5.74) is 8.96. The first kappa shape index (κ1) is 16.2. The normalized spacial score (nSPS) is 17.7. The van der Waals surface area contributed by atoms with Crippen molar-refractivity contribution in [2.75, 3.05) is 23.9 Å². The lowest BCUT2D eigenvalue weighted by molar-refractivity contribution is -0.0298. The van der Waals surface area contributed by atoms with Crippen molar-refractivity contribution in [3.63, 3.8) is 0 Å². The summed E-state index contributed by atoms with van der Waals surface area (Å²) in [4.78, 5) is 13.8. The number of hydrogen-bond acceptors (Lipinski definition) is 7. The maximum atomic E-state index is 5.90. The fourth-order valence-electron chi connectivity index (χ4n) is 2.98. The number of hydrogen-bond donors (Lipinski definition) is 2. The van der Waals surface area contributed by atoms with Crippen molar-refractivity contribution in [3.05, 3.63) is 30.6 Å². The number of nitrogens with zero attached hydrogens (tertiary/aromatic N) is 4. The summed E-state index contributed by atoms with van der Waals surface area (Å²) in [6.07, 6.45) is 6.98. The van der Waals surface area contributed by atoms with Gasteiger partial charge < -0.3 is 15.8 Å². The summed E-state index contributed by atoms with van der Waals surface area (Å²) in [6.45, 7) is 0.777. The van der Waals surface area contributed by atoms with Gasteiger partial charge in [-0.05, 0) is 43.7 Å². The molecule has 3 N–H and O–H groups in total. The van der Waals surface area contributed by atoms with Gasteiger partial charge >= 0.3 is 0 Å². The van der Waals surface area contributed by atoms with Crippen LogP contribution in [0.4, 0.5) is 17.2 Å². The fraction of sp³-hybridized carbons (Fsp3) is 0.353. The zero-order chi connectivity index (χ0) is 17.2. The Morgan fingerprint density at radius 3 is 3.00 bits per heavy atom. The molecule has 0 spiro atoms. The first-order chi connectivity index (χ1) is 12.2. The lowest BCUT2D eigenvalue weighted by Crippen LogP contribution is -2.17. The van der Waals surface area contributed by atoms with Crippen molar-refractivity contribution in [1.82, 2.24) is 19.5 Å². The van der Waals surface area contributed by atoms with Crippen LogP contribution in [0.25, 0.3) is 11.2 Å². The van der Waals surface area contributed by atoms with E-state index in [9.17, 15) is 0 Å². The minimum Gasteiger partial charge on any atom is -0.399 e. The SMILES string of the molecule is CSc1nc(Nc2cccc(N)c2)c2ncn(C3CCCCO3)c2n1. The van der Waals surface area contributed by atoms with Crippen molar-refractivity contribution in [2.24, 2.45) is 0 Å². The number of ether oxygens (including phenoxy) is 1. The molecule has 3 heterocycles. The van der Waals surface area contributed by atoms with Crippen LogP contribution in [0.2, 0.25) is 0 Å². The fourth-order valence-corrected chi connectivity index (χ4v) is 3.34. The van der Waals surface area contributed by atoms with Crippen molar-refractivity contribution >= 4 is 40.1 Å². The van der Waals surface area contributed by atoms with Crippen LogP contribution in [0.1, 0.15) is 25.5 Å². The van der Waals surface area contributed by atoms with E-state index >= 15 is 0 Å². The summed E-state index contributed by atoms with van der Waals surface area (Å²) in [7, 11) is 0. The van der Waals surface area contributed by atoms with Crippen LogP contribution in [-0.4, -0.2) is 32.4 Å². The number of anilines is 3. The highest BCUT2D eigenvalue weighted by Gasteiger charge is 2.21. The van der Waals surface area contributed by atoms with Crippen LogP contribution in [-0.2, 0) is 4.74 Å². The lowest BCUT2D eigenvalue weighted by atomic mass is 10.2. The molecule has 0 radical (unpaired) electrons. The van der Waals surface area contributed by atoms with E-state index in [1.807, 2.05) is 35.1 Å². The Morgan fingerprint density at radius 2 is 2.24 bits per heavy atom. The van der Waals surface area contributed by atoms with Crippen LogP contribution in [0.3, 0.4) is 0 Å². The number of imidazole rings is 1. The molecule has 1 fully saturated rings. The third-order valence-corrected chi connectivity index (χ3v) is 4.75. The maximum Gasteiger partial charge on any atom is 0.191 e. The topological polar surface area (TPSA) is 90.9 Å². The highest BCUT2D eigenvalue weighted by Crippen LogP contribution is 2.30. The molecule has 0 aliphatic carbocycles. The quantitative estimate of drug-likeness (QED) is 0.419. The molecule has 130 valence electrons. The molecule has 0 saturated carbocycles. The standard InChI is InChI=1S/C17H20N6OS/c1-25-17-21-15(20-12-6-4-5-11(18)9-12)14-16(22-17)23(10-19-14)13-7-2-3-8-24-13/h4-6,9-10,13H,2-3,7-8,18H2,1H3,(H,20,21,22). The summed E-state index contributed by atoms with van der Waals surface area (Å²) in [5, 5.41) is 4.01. The van der Waals surface area contributed by atoms with Gasteiger partial charge in [0.2, 0.25) is 0 Å². The van der Waals surface area contributed by atoms with Gasteiger partial charge in [-0.1, -0.05) is 17.8 Å². The van der Waals surface area contributed by atoms with Crippen molar-refractivity contribution in [3.8, 4) is 0 Å². The Hall–Kier alpha value is -2.32. The smallest absolute Gasteiger partial charge is 0.191 e. The Balaban J connectivity index is 1.77. The monoisotopic (exact) mass is 356 g/mol. The Kier molecular flexibility index (Phi) is 4.46. The van der Waals surface area contributed by atoms with Crippen LogP contribution in [0, 0.1) is 0 Å². The molecular weight excluding hydrogens is 336 g/mol. The van der Waals surface area contributed by atoms with Crippen molar-refractivity contribution < 1.29 is 4.74 Å². The molecule has 1 saturated heterocycles. The second-order valence-electron chi connectivity index (χ2n) is 5.95. The van der Waals surface area contributed by atoms with E-state index in [1.165, 1.54) is 11.8 Å². The number of nitrogens with one attached hydrogen (secondary N) is 1. The zero-order valence-electron chi connectivity index (χ0n) is 14.0. The molecule has 1 aliphatic heterocycles. The van der Waals surface area contributed by atoms with Gasteiger partial charge in [-0.25, -0.2) is 15.0 Å². The van der Waals surface area contributed by atoms with E-state index in [1.54, 1.807) is 6.33 Å². The van der Waals surface area contributed by atoms with Crippen LogP contribution >= 0.6 is 11.8 Å². The second-order valence-corrected chi connectivity index (χ2v) is 6.73. The van der Waals surface area contributed by atoms with E-state index < -0.39 is 0 Å². The van der Waals surface area contributed by atoms with Crippen LogP contribution in [0.5, 0.6) is 0 Å². The average Bonchev–Trinajstić information content (AvgIpc) is 3.06. The van der Waals surface area contributed by atoms with Gasteiger partial charge in [0.1, 0.15) is 6.23 Å². The summed E-state index contributed by atoms with van der Waals surface area (Å²) < 4.78 is 7.91. The minimum atomic E-state index is -0.0106. The van der Waals surface area contributed by atoms with E-state index in [-0.39, 0.29) is 6.23 Å². The van der Waals surface area contributed by atoms with E-state index in [0.29, 0.717) is 16.7 Å². The number of nitrogens with two attached hydrogens (primary N) is 1. The molecule has 3 aromatic rings. The largest absolute Gasteiger partial charge is 0.399 e. The molecule has 1 aromatic carbocycles. The third-order valence-electron chi connectivity index (χ3n) is 4.20. The molecule has 0 amide bonds. The number of benzene rings is 1. The Bertz CT molecular complexity index is 890. The van der Waals surface area contributed by atoms with Crippen molar-refractivity contribution in [1.29, 1.82) is 0 Å². The van der Waals surface area contributed by atoms with E-state index in [4.69, 9.17) is 10.5 Å². The summed E-state index contributed by atoms with van der Waals surface area (Å²) >= 11 is 1.50. The molecule has 1 atom stereocenters. The van der Waals surface area contributed by atoms with E-state index in [0.717, 1.165) is 42.7 Å². The average molecular weight is 356 g/mol. The molecular formula is C17H20N6OS. The maximum absolute atomic E-state index is 5.90. The number of thioether (sulfide) groups is 1. The van der Waals surface area contributed by atoms with Crippen LogP contribution < -0.4 is 11.1 Å². The molecule has 1 aliphatic rings. The lowest BCUT2D eigenvalue weighted by Gasteiger charge is -2.23. The predicted molar refractivity (Wildman–Crippen MR) is 100 cm³/mol. The Morgan fingerprint density at radius 1 is 1.32 bits per heavy atom. The molecule has 0 bridgehead atoms. The minimum absolute atomic E-state index is 0.0106. The zero-order valence-corrected chi connectivity index (χ0v) is 14.8. The first-order valence-corrected chi connectivity index (χ1v) is 9.50. The van der Waals surface area contributed by atoms with Gasteiger partial charge in [-0.2, -0.15) is 0 Å². The Labute approximate surface area is 150 Å². The molecule has 8 heteroatoms. The number of rotatable bonds is 4. The van der Waals surface area contributed by atoms with Crippen LogP contribution in [0.15, 0.2) is 35.7 Å². The number of fused-ring (bicyclic) bond motifs is 1. The highest BCUT2D eigenvalue weighted by atomic mass is 32.2. The third kappa shape index (κ3) is 3.27. The first-order valence-electron chi connectivity index (χ1n) is 8.27. The highest BCUT2D eigenvalue weighted by molar-refractivity contribution is 7.98. The van der Waals surface area contributed by atoms with Gasteiger partial charge in [0.25, 0.3) is 0 Å². The number of aromatic nitrogens is 4. The summed E-state index contributed by atoms with van der Waals surface area (Å²) in [6, 6.07) is 7.57. The number of nitrogen functional groups attached to an aromatic ring is 1. The van der Waals surface area contributed by atoms with Gasteiger partial charge in [-0.15, -0.1) is 0 Å². The van der Waals surface area contributed by atoms with Gasteiger partial charge in [0.05, 0.1) is 6.33 Å². The molecule has 2 aromatic heterocycles. The summed E-state index contributed by atoms with van der Waals surface area (Å²) in [5.74, 6) is 0.675. The predicted octanol–water partition coefficient (Wildman–Crippen LogP) is 3.57. The second kappa shape index (κ2) is 6.89. The molecule has 7 nitrogen and oxygen atoms in total. The van der Waals surface area contributed by atoms with E-state index in [2.05, 4.69) is 20.3 Å². The van der Waals surface area contributed by atoms with Gasteiger partial charge in [0, 0.05) is 18.0 Å². The molecule has 25 heavy (non-hydrogen) atoms.